The van der Waals surface area contributed by atoms with Crippen LogP contribution in [0.1, 0.15) is 38.8 Å². The number of nitrogens with zero attached hydrogens (tertiary/aromatic N) is 1. The Kier molecular flexibility index (Phi) is 6.24. The van der Waals surface area contributed by atoms with E-state index in [2.05, 4.69) is 10.6 Å². The second-order valence-corrected chi connectivity index (χ2v) is 7.75. The highest BCUT2D eigenvalue weighted by Gasteiger charge is 2.29. The Bertz CT molecular complexity index is 598. The molecule has 2 rings (SSSR count). The normalized spacial score (nSPS) is 18.3. The lowest BCUT2D eigenvalue weighted by Crippen LogP contribution is -2.51. The molecule has 1 saturated heterocycles. The van der Waals surface area contributed by atoms with E-state index in [0.29, 0.717) is 24.5 Å². The number of halogens is 1. The summed E-state index contributed by atoms with van der Waals surface area (Å²) in [7, 11) is 0. The number of carbonyl (C=O) groups excluding carboxylic acids is 2. The molecule has 0 aliphatic carbocycles. The van der Waals surface area contributed by atoms with E-state index in [4.69, 9.17) is 11.6 Å². The van der Waals surface area contributed by atoms with E-state index in [1.54, 1.807) is 4.90 Å². The third kappa shape index (κ3) is 5.21. The highest BCUT2D eigenvalue weighted by Crippen LogP contribution is 2.28. The summed E-state index contributed by atoms with van der Waals surface area (Å²) < 4.78 is 0. The van der Waals surface area contributed by atoms with Crippen LogP contribution in [0.4, 0.5) is 0 Å². The topological polar surface area (TPSA) is 61.4 Å². The van der Waals surface area contributed by atoms with Gasteiger partial charge in [-0.3, -0.25) is 9.59 Å². The lowest BCUT2D eigenvalue weighted by molar-refractivity contribution is -0.136. The summed E-state index contributed by atoms with van der Waals surface area (Å²) in [6.45, 7) is 8.02. The largest absolute Gasteiger partial charge is 0.347 e. The van der Waals surface area contributed by atoms with Gasteiger partial charge in [0.15, 0.2) is 0 Å². The predicted molar refractivity (Wildman–Crippen MR) is 95.9 cm³/mol. The average molecular weight is 352 g/mol. The van der Waals surface area contributed by atoms with Gasteiger partial charge >= 0.3 is 0 Å². The summed E-state index contributed by atoms with van der Waals surface area (Å²) in [5.74, 6) is -0.177. The van der Waals surface area contributed by atoms with E-state index in [1.807, 2.05) is 45.0 Å². The molecule has 0 saturated carbocycles. The van der Waals surface area contributed by atoms with Gasteiger partial charge in [0.05, 0.1) is 12.6 Å². The smallest absolute Gasteiger partial charge is 0.242 e. The van der Waals surface area contributed by atoms with Crippen molar-refractivity contribution in [3.8, 4) is 0 Å². The maximum absolute atomic E-state index is 12.6. The van der Waals surface area contributed by atoms with Crippen LogP contribution in [-0.4, -0.2) is 42.9 Å². The van der Waals surface area contributed by atoms with Gasteiger partial charge in [0.1, 0.15) is 0 Å². The Hall–Kier alpha value is -1.59. The van der Waals surface area contributed by atoms with Crippen molar-refractivity contribution in [2.45, 2.75) is 33.2 Å². The van der Waals surface area contributed by atoms with Gasteiger partial charge in [0, 0.05) is 31.1 Å². The maximum atomic E-state index is 12.6. The van der Waals surface area contributed by atoms with Gasteiger partial charge in [-0.25, -0.2) is 0 Å². The molecule has 1 unspecified atom stereocenters. The van der Waals surface area contributed by atoms with E-state index in [9.17, 15) is 9.59 Å². The molecule has 1 heterocycles. The number of rotatable bonds is 4. The molecule has 1 atom stereocenters. The minimum atomic E-state index is -0.112. The first kappa shape index (κ1) is 18.7. The molecule has 1 fully saturated rings. The Morgan fingerprint density at radius 3 is 2.71 bits per heavy atom. The van der Waals surface area contributed by atoms with Crippen molar-refractivity contribution in [1.29, 1.82) is 0 Å². The standard InChI is InChI=1S/C18H26ClN3O2/c1-18(2,3)10-16(23)21-12-17(24)22-9-8-20-11-15(22)13-6-4-5-7-14(13)19/h4-7,15,20H,8-12H2,1-3H3,(H,21,23). The van der Waals surface area contributed by atoms with E-state index in [0.717, 1.165) is 12.1 Å². The average Bonchev–Trinajstić information content (AvgIpc) is 2.51. The molecule has 0 spiro atoms. The second kappa shape index (κ2) is 7.99. The number of carbonyl (C=O) groups is 2. The predicted octanol–water partition coefficient (Wildman–Crippen LogP) is 2.37. The third-order valence-corrected chi connectivity index (χ3v) is 4.30. The third-order valence-electron chi connectivity index (χ3n) is 3.96. The van der Waals surface area contributed by atoms with Crippen LogP contribution in [0.2, 0.25) is 5.02 Å². The molecule has 132 valence electrons. The maximum Gasteiger partial charge on any atom is 0.242 e. The lowest BCUT2D eigenvalue weighted by Gasteiger charge is -2.37. The SMILES string of the molecule is CC(C)(C)CC(=O)NCC(=O)N1CCNCC1c1ccccc1Cl. The van der Waals surface area contributed by atoms with Gasteiger partial charge in [0.25, 0.3) is 0 Å². The Morgan fingerprint density at radius 2 is 2.04 bits per heavy atom. The molecule has 2 N–H and O–H groups in total. The molecular formula is C18H26ClN3O2. The van der Waals surface area contributed by atoms with Gasteiger partial charge in [0.2, 0.25) is 11.8 Å². The molecule has 5 nitrogen and oxygen atoms in total. The molecular weight excluding hydrogens is 326 g/mol. The van der Waals surface area contributed by atoms with E-state index in [-0.39, 0.29) is 29.8 Å². The zero-order chi connectivity index (χ0) is 17.7. The molecule has 1 aliphatic rings. The Morgan fingerprint density at radius 1 is 1.33 bits per heavy atom. The van der Waals surface area contributed by atoms with Gasteiger partial charge in [-0.15, -0.1) is 0 Å². The van der Waals surface area contributed by atoms with Crippen LogP contribution in [0, 0.1) is 5.41 Å². The number of hydrogen-bond acceptors (Lipinski definition) is 3. The van der Waals surface area contributed by atoms with E-state index in [1.165, 1.54) is 0 Å². The zero-order valence-corrected chi connectivity index (χ0v) is 15.3. The van der Waals surface area contributed by atoms with Gasteiger partial charge in [-0.05, 0) is 17.0 Å². The fraction of sp³-hybridized carbons (Fsp3) is 0.556. The van der Waals surface area contributed by atoms with Crippen molar-refractivity contribution in [1.82, 2.24) is 15.5 Å². The molecule has 1 aromatic carbocycles. The van der Waals surface area contributed by atoms with Gasteiger partial charge in [-0.1, -0.05) is 50.6 Å². The molecule has 2 amide bonds. The van der Waals surface area contributed by atoms with Crippen molar-refractivity contribution < 1.29 is 9.59 Å². The Balaban J connectivity index is 2.01. The highest BCUT2D eigenvalue weighted by molar-refractivity contribution is 6.31. The quantitative estimate of drug-likeness (QED) is 0.875. The van der Waals surface area contributed by atoms with Crippen molar-refractivity contribution in [3.63, 3.8) is 0 Å². The summed E-state index contributed by atoms with van der Waals surface area (Å²) in [6.07, 6.45) is 0.399. The summed E-state index contributed by atoms with van der Waals surface area (Å²) >= 11 is 6.29. The zero-order valence-electron chi connectivity index (χ0n) is 14.6. The van der Waals surface area contributed by atoms with Crippen molar-refractivity contribution in [2.24, 2.45) is 5.41 Å². The van der Waals surface area contributed by atoms with E-state index < -0.39 is 0 Å². The van der Waals surface area contributed by atoms with Gasteiger partial charge < -0.3 is 15.5 Å². The van der Waals surface area contributed by atoms with Crippen LogP contribution in [0.15, 0.2) is 24.3 Å². The number of amides is 2. The Labute approximate surface area is 148 Å². The first-order valence-corrected chi connectivity index (χ1v) is 8.67. The molecule has 0 aromatic heterocycles. The fourth-order valence-corrected chi connectivity index (χ4v) is 3.11. The number of benzene rings is 1. The van der Waals surface area contributed by atoms with Crippen LogP contribution in [0.3, 0.4) is 0 Å². The molecule has 24 heavy (non-hydrogen) atoms. The lowest BCUT2D eigenvalue weighted by atomic mass is 9.92. The first-order valence-electron chi connectivity index (χ1n) is 8.29. The van der Waals surface area contributed by atoms with E-state index >= 15 is 0 Å². The van der Waals surface area contributed by atoms with Crippen LogP contribution in [0.5, 0.6) is 0 Å². The van der Waals surface area contributed by atoms with Crippen molar-refractivity contribution in [2.75, 3.05) is 26.2 Å². The first-order chi connectivity index (χ1) is 11.3. The van der Waals surface area contributed by atoms with Crippen molar-refractivity contribution in [3.05, 3.63) is 34.9 Å². The number of nitrogens with one attached hydrogen (secondary N) is 2. The molecule has 0 bridgehead atoms. The molecule has 1 aromatic rings. The molecule has 6 heteroatoms. The van der Waals surface area contributed by atoms with Gasteiger partial charge in [-0.2, -0.15) is 0 Å². The minimum Gasteiger partial charge on any atom is -0.347 e. The highest BCUT2D eigenvalue weighted by atomic mass is 35.5. The molecule has 0 radical (unpaired) electrons. The number of hydrogen-bond donors (Lipinski definition) is 2. The minimum absolute atomic E-state index is 0.0237. The summed E-state index contributed by atoms with van der Waals surface area (Å²) in [4.78, 5) is 26.3. The van der Waals surface area contributed by atoms with Crippen LogP contribution >= 0.6 is 11.6 Å². The summed E-state index contributed by atoms with van der Waals surface area (Å²) in [5.41, 5.74) is 0.836. The number of piperazine rings is 1. The monoisotopic (exact) mass is 351 g/mol. The van der Waals surface area contributed by atoms with Crippen molar-refractivity contribution >= 4 is 23.4 Å². The molecule has 1 aliphatic heterocycles. The van der Waals surface area contributed by atoms with Crippen LogP contribution in [0.25, 0.3) is 0 Å². The summed E-state index contributed by atoms with van der Waals surface area (Å²) in [6, 6.07) is 7.46. The fourth-order valence-electron chi connectivity index (χ4n) is 2.85. The summed E-state index contributed by atoms with van der Waals surface area (Å²) in [5, 5.41) is 6.69. The van der Waals surface area contributed by atoms with Crippen LogP contribution in [-0.2, 0) is 9.59 Å². The van der Waals surface area contributed by atoms with Crippen LogP contribution < -0.4 is 10.6 Å². The second-order valence-electron chi connectivity index (χ2n) is 7.34.